The van der Waals surface area contributed by atoms with Crippen molar-refractivity contribution < 1.29 is 4.74 Å². The molecule has 0 fully saturated rings. The SMILES string of the molecule is CCOc1cc(NCCN(C)CC)nc(C)n1. The van der Waals surface area contributed by atoms with Gasteiger partial charge in [-0.1, -0.05) is 6.92 Å². The highest BCUT2D eigenvalue weighted by Crippen LogP contribution is 2.12. The number of anilines is 1. The molecule has 0 aromatic carbocycles. The van der Waals surface area contributed by atoms with E-state index in [2.05, 4.69) is 34.2 Å². The van der Waals surface area contributed by atoms with Crippen LogP contribution >= 0.6 is 0 Å². The third-order valence-corrected chi connectivity index (χ3v) is 2.45. The molecule has 1 heterocycles. The fourth-order valence-electron chi connectivity index (χ4n) is 1.39. The van der Waals surface area contributed by atoms with E-state index >= 15 is 0 Å². The second-order valence-corrected chi connectivity index (χ2v) is 3.89. The van der Waals surface area contributed by atoms with Crippen molar-refractivity contribution in [1.82, 2.24) is 14.9 Å². The number of likely N-dealkylation sites (N-methyl/N-ethyl adjacent to an activating group) is 1. The van der Waals surface area contributed by atoms with Crippen molar-refractivity contribution in [2.24, 2.45) is 0 Å². The zero-order valence-electron chi connectivity index (χ0n) is 11.2. The summed E-state index contributed by atoms with van der Waals surface area (Å²) < 4.78 is 5.37. The van der Waals surface area contributed by atoms with Crippen molar-refractivity contribution >= 4 is 5.82 Å². The van der Waals surface area contributed by atoms with Gasteiger partial charge in [-0.15, -0.1) is 0 Å². The Labute approximate surface area is 103 Å². The maximum atomic E-state index is 5.37. The summed E-state index contributed by atoms with van der Waals surface area (Å²) in [5.41, 5.74) is 0. The topological polar surface area (TPSA) is 50.3 Å². The first-order chi connectivity index (χ1) is 8.15. The molecule has 1 aromatic rings. The molecule has 0 aliphatic carbocycles. The zero-order valence-corrected chi connectivity index (χ0v) is 11.2. The summed E-state index contributed by atoms with van der Waals surface area (Å²) >= 11 is 0. The number of hydrogen-bond acceptors (Lipinski definition) is 5. The van der Waals surface area contributed by atoms with Gasteiger partial charge in [-0.3, -0.25) is 0 Å². The van der Waals surface area contributed by atoms with Crippen molar-refractivity contribution in [3.8, 4) is 5.88 Å². The maximum Gasteiger partial charge on any atom is 0.218 e. The molecule has 17 heavy (non-hydrogen) atoms. The summed E-state index contributed by atoms with van der Waals surface area (Å²) in [5.74, 6) is 2.18. The molecular formula is C12H22N4O. The molecule has 1 rings (SSSR count). The van der Waals surface area contributed by atoms with Crippen LogP contribution in [0.3, 0.4) is 0 Å². The Morgan fingerprint density at radius 2 is 2.12 bits per heavy atom. The van der Waals surface area contributed by atoms with Crippen LogP contribution in [0.2, 0.25) is 0 Å². The van der Waals surface area contributed by atoms with Gasteiger partial charge in [0.1, 0.15) is 11.6 Å². The van der Waals surface area contributed by atoms with E-state index in [0.29, 0.717) is 12.5 Å². The Balaban J connectivity index is 2.52. The van der Waals surface area contributed by atoms with Gasteiger partial charge >= 0.3 is 0 Å². The van der Waals surface area contributed by atoms with E-state index in [0.717, 1.165) is 31.3 Å². The van der Waals surface area contributed by atoms with Crippen LogP contribution in [0.1, 0.15) is 19.7 Å². The number of nitrogens with one attached hydrogen (secondary N) is 1. The average molecular weight is 238 g/mol. The predicted octanol–water partition coefficient (Wildman–Crippen LogP) is 1.55. The summed E-state index contributed by atoms with van der Waals surface area (Å²) in [6, 6.07) is 1.84. The second kappa shape index (κ2) is 7.06. The Bertz CT molecular complexity index is 343. The monoisotopic (exact) mass is 238 g/mol. The van der Waals surface area contributed by atoms with Crippen LogP contribution in [0.25, 0.3) is 0 Å². The lowest BCUT2D eigenvalue weighted by molar-refractivity contribution is 0.325. The lowest BCUT2D eigenvalue weighted by Crippen LogP contribution is -2.25. The smallest absolute Gasteiger partial charge is 0.218 e. The maximum absolute atomic E-state index is 5.37. The van der Waals surface area contributed by atoms with Crippen LogP contribution in [0.15, 0.2) is 6.07 Å². The van der Waals surface area contributed by atoms with Gasteiger partial charge in [-0.05, 0) is 27.4 Å². The van der Waals surface area contributed by atoms with Crippen LogP contribution in [-0.2, 0) is 0 Å². The van der Waals surface area contributed by atoms with Gasteiger partial charge in [0.2, 0.25) is 5.88 Å². The quantitative estimate of drug-likeness (QED) is 0.781. The predicted molar refractivity (Wildman–Crippen MR) is 69.6 cm³/mol. The highest BCUT2D eigenvalue weighted by atomic mass is 16.5. The lowest BCUT2D eigenvalue weighted by Gasteiger charge is -2.14. The van der Waals surface area contributed by atoms with Gasteiger partial charge in [-0.25, -0.2) is 4.98 Å². The summed E-state index contributed by atoms with van der Waals surface area (Å²) in [7, 11) is 2.10. The minimum absolute atomic E-state index is 0.620. The minimum atomic E-state index is 0.620. The van der Waals surface area contributed by atoms with E-state index in [9.17, 15) is 0 Å². The normalized spacial score (nSPS) is 10.6. The van der Waals surface area contributed by atoms with E-state index in [1.54, 1.807) is 0 Å². The van der Waals surface area contributed by atoms with Crippen LogP contribution in [0, 0.1) is 6.92 Å². The van der Waals surface area contributed by atoms with Gasteiger partial charge in [0, 0.05) is 19.2 Å². The third-order valence-electron chi connectivity index (χ3n) is 2.45. The molecule has 0 saturated carbocycles. The number of ether oxygens (including phenoxy) is 1. The van der Waals surface area contributed by atoms with Gasteiger partial charge in [-0.2, -0.15) is 4.98 Å². The molecule has 0 radical (unpaired) electrons. The van der Waals surface area contributed by atoms with E-state index in [1.807, 2.05) is 19.9 Å². The number of nitrogens with zero attached hydrogens (tertiary/aromatic N) is 3. The van der Waals surface area contributed by atoms with Gasteiger partial charge in [0.15, 0.2) is 0 Å². The molecule has 1 N–H and O–H groups in total. The average Bonchev–Trinajstić information content (AvgIpc) is 2.28. The van der Waals surface area contributed by atoms with Crippen LogP contribution in [0.4, 0.5) is 5.82 Å². The molecule has 0 atom stereocenters. The number of aryl methyl sites for hydroxylation is 1. The highest BCUT2D eigenvalue weighted by molar-refractivity contribution is 5.38. The number of aromatic nitrogens is 2. The summed E-state index contributed by atoms with van der Waals surface area (Å²) in [6.07, 6.45) is 0. The second-order valence-electron chi connectivity index (χ2n) is 3.89. The molecule has 0 bridgehead atoms. The Morgan fingerprint density at radius 3 is 2.76 bits per heavy atom. The first-order valence-corrected chi connectivity index (χ1v) is 6.06. The fourth-order valence-corrected chi connectivity index (χ4v) is 1.39. The van der Waals surface area contributed by atoms with E-state index in [-0.39, 0.29) is 0 Å². The van der Waals surface area contributed by atoms with Gasteiger partial charge in [0.05, 0.1) is 6.61 Å². The zero-order chi connectivity index (χ0) is 12.7. The van der Waals surface area contributed by atoms with Crippen LogP contribution < -0.4 is 10.1 Å². The van der Waals surface area contributed by atoms with E-state index < -0.39 is 0 Å². The van der Waals surface area contributed by atoms with Crippen molar-refractivity contribution in [2.45, 2.75) is 20.8 Å². The molecule has 5 heteroatoms. The van der Waals surface area contributed by atoms with Crippen molar-refractivity contribution in [3.63, 3.8) is 0 Å². The molecule has 0 spiro atoms. The van der Waals surface area contributed by atoms with Gasteiger partial charge < -0.3 is 15.0 Å². The molecule has 96 valence electrons. The number of rotatable bonds is 7. The molecule has 0 aliphatic heterocycles. The van der Waals surface area contributed by atoms with Gasteiger partial charge in [0.25, 0.3) is 0 Å². The standard InChI is InChI=1S/C12H22N4O/c1-5-16(4)8-7-13-11-9-12(17-6-2)15-10(3)14-11/h9H,5-8H2,1-4H3,(H,13,14,15). The molecule has 5 nitrogen and oxygen atoms in total. The number of hydrogen-bond donors (Lipinski definition) is 1. The fraction of sp³-hybridized carbons (Fsp3) is 0.667. The van der Waals surface area contributed by atoms with Crippen molar-refractivity contribution in [1.29, 1.82) is 0 Å². The first-order valence-electron chi connectivity index (χ1n) is 6.06. The summed E-state index contributed by atoms with van der Waals surface area (Å²) in [4.78, 5) is 10.8. The van der Waals surface area contributed by atoms with Crippen molar-refractivity contribution in [3.05, 3.63) is 11.9 Å². The summed E-state index contributed by atoms with van der Waals surface area (Å²) in [6.45, 7) is 9.48. The van der Waals surface area contributed by atoms with Crippen molar-refractivity contribution in [2.75, 3.05) is 38.6 Å². The molecule has 0 saturated heterocycles. The van der Waals surface area contributed by atoms with Crippen LogP contribution in [-0.4, -0.2) is 48.2 Å². The molecule has 1 aromatic heterocycles. The van der Waals surface area contributed by atoms with E-state index in [4.69, 9.17) is 4.74 Å². The Hall–Kier alpha value is -1.36. The highest BCUT2D eigenvalue weighted by Gasteiger charge is 2.02. The Kier molecular flexibility index (Phi) is 5.69. The molecule has 0 unspecified atom stereocenters. The molecule has 0 aliphatic rings. The van der Waals surface area contributed by atoms with E-state index in [1.165, 1.54) is 0 Å². The first kappa shape index (κ1) is 13.7. The lowest BCUT2D eigenvalue weighted by atomic mass is 10.4. The molecular weight excluding hydrogens is 216 g/mol. The largest absolute Gasteiger partial charge is 0.478 e. The minimum Gasteiger partial charge on any atom is -0.478 e. The Morgan fingerprint density at radius 1 is 1.35 bits per heavy atom. The summed E-state index contributed by atoms with van der Waals surface area (Å²) in [5, 5.41) is 3.28. The molecule has 0 amide bonds. The third kappa shape index (κ3) is 4.99. The van der Waals surface area contributed by atoms with Crippen LogP contribution in [0.5, 0.6) is 5.88 Å².